The van der Waals surface area contributed by atoms with E-state index in [1.54, 1.807) is 13.2 Å². The van der Waals surface area contributed by atoms with Gasteiger partial charge in [0.25, 0.3) is 0 Å². The normalized spacial score (nSPS) is 29.6. The Morgan fingerprint density at radius 1 is 1.24 bits per heavy atom. The second-order valence-corrected chi connectivity index (χ2v) is 12.6. The van der Waals surface area contributed by atoms with Crippen molar-refractivity contribution in [1.82, 2.24) is 10.2 Å². The lowest BCUT2D eigenvalue weighted by Crippen LogP contribution is -2.59. The Bertz CT molecular complexity index is 1030. The summed E-state index contributed by atoms with van der Waals surface area (Å²) in [6, 6.07) is 6.89. The number of fused-ring (bicyclic) bond motifs is 2. The van der Waals surface area contributed by atoms with E-state index in [9.17, 15) is 19.8 Å². The van der Waals surface area contributed by atoms with E-state index in [2.05, 4.69) is 41.8 Å². The number of hydrogen-bond acceptors (Lipinski definition) is 6. The van der Waals surface area contributed by atoms with Crippen LogP contribution < -0.4 is 10.1 Å². The number of para-hydroxylation sites is 1. The van der Waals surface area contributed by atoms with Gasteiger partial charge in [0.15, 0.2) is 0 Å². The van der Waals surface area contributed by atoms with Crippen molar-refractivity contribution in [2.24, 2.45) is 23.2 Å². The van der Waals surface area contributed by atoms with Gasteiger partial charge in [-0.15, -0.1) is 0 Å². The number of rotatable bonds is 11. The number of methoxy groups -OCH3 is 1. The van der Waals surface area contributed by atoms with Crippen LogP contribution in [0.2, 0.25) is 0 Å². The molecule has 0 radical (unpaired) electrons. The van der Waals surface area contributed by atoms with Crippen LogP contribution in [-0.4, -0.2) is 78.6 Å². The molecule has 1 aromatic carbocycles. The molecule has 6 unspecified atom stereocenters. The largest absolute Gasteiger partial charge is 0.482 e. The molecule has 210 valence electrons. The Labute approximate surface area is 239 Å². The van der Waals surface area contributed by atoms with Gasteiger partial charge in [-0.2, -0.15) is 0 Å². The molecule has 8 nitrogen and oxygen atoms in total. The smallest absolute Gasteiger partial charge is 0.247 e. The average Bonchev–Trinajstić information content (AvgIpc) is 2.91. The minimum absolute atomic E-state index is 0.0831. The summed E-state index contributed by atoms with van der Waals surface area (Å²) in [6.07, 6.45) is 3.68. The predicted octanol–water partition coefficient (Wildman–Crippen LogP) is 3.14. The Hall–Kier alpha value is -1.69. The molecule has 9 heteroatoms. The number of hydrogen-bond donors (Lipinski definition) is 3. The molecule has 4 aliphatic carbocycles. The number of aliphatic hydroxyl groups excluding tert-OH is 2. The van der Waals surface area contributed by atoms with Crippen LogP contribution in [0.5, 0.6) is 5.75 Å². The molecule has 6 atom stereocenters. The number of halogens is 1. The fraction of sp³-hybridized carbons (Fsp3) is 0.655. The lowest BCUT2D eigenvalue weighted by molar-refractivity contribution is -0.148. The molecular weight excluding hydrogens is 599 g/mol. The number of carbonyl (C=O) groups excluding carboxylic acids is 2. The highest BCUT2D eigenvalue weighted by molar-refractivity contribution is 14.1. The van der Waals surface area contributed by atoms with E-state index in [1.807, 2.05) is 29.2 Å². The zero-order chi connectivity index (χ0) is 27.4. The fourth-order valence-electron chi connectivity index (χ4n) is 6.66. The molecule has 2 bridgehead atoms. The molecule has 4 aliphatic rings. The molecule has 0 saturated heterocycles. The summed E-state index contributed by atoms with van der Waals surface area (Å²) in [7, 11) is 1.57. The molecule has 0 heterocycles. The maximum Gasteiger partial charge on any atom is 0.247 e. The zero-order valence-electron chi connectivity index (χ0n) is 22.6. The molecule has 38 heavy (non-hydrogen) atoms. The third-order valence-electron chi connectivity index (χ3n) is 8.99. The molecule has 2 amide bonds. The standard InChI is InChI=1S/C29H41IN2O6/c1-29(2)20-9-8-18(21(29)16-20)17-32(26(34)10-13-37-3)23-14-19(28(36)31-11-12-33)15-25(27(23)35)38-24-7-5-4-6-22(24)30/h4-7,15,18,20-21,23,25,27,33,35H,8-14,16-17H2,1-3H3,(H,31,36). The maximum absolute atomic E-state index is 13.6. The Kier molecular flexibility index (Phi) is 9.76. The number of nitrogens with one attached hydrogen (secondary N) is 1. The molecule has 0 aromatic heterocycles. The van der Waals surface area contributed by atoms with E-state index >= 15 is 0 Å². The van der Waals surface area contributed by atoms with Crippen LogP contribution in [0.3, 0.4) is 0 Å². The third-order valence-corrected chi connectivity index (χ3v) is 9.88. The van der Waals surface area contributed by atoms with Crippen molar-refractivity contribution in [3.05, 3.63) is 39.5 Å². The highest BCUT2D eigenvalue weighted by Gasteiger charge is 2.55. The predicted molar refractivity (Wildman–Crippen MR) is 152 cm³/mol. The van der Waals surface area contributed by atoms with E-state index in [-0.39, 0.29) is 43.2 Å². The molecular formula is C29H41IN2O6. The van der Waals surface area contributed by atoms with Gasteiger partial charge in [0, 0.05) is 32.2 Å². The quantitative estimate of drug-likeness (QED) is 0.321. The van der Waals surface area contributed by atoms with Crippen LogP contribution in [0.15, 0.2) is 35.9 Å². The van der Waals surface area contributed by atoms with Crippen molar-refractivity contribution in [3.63, 3.8) is 0 Å². The maximum atomic E-state index is 13.6. The lowest BCUT2D eigenvalue weighted by Gasteiger charge is -2.61. The van der Waals surface area contributed by atoms with Crippen LogP contribution in [0.1, 0.15) is 46.0 Å². The molecule has 1 aromatic rings. The summed E-state index contributed by atoms with van der Waals surface area (Å²) in [5, 5.41) is 23.6. The molecule has 3 saturated carbocycles. The van der Waals surface area contributed by atoms with Gasteiger partial charge >= 0.3 is 0 Å². The Balaban J connectivity index is 1.63. The summed E-state index contributed by atoms with van der Waals surface area (Å²) in [6.45, 7) is 5.47. The van der Waals surface area contributed by atoms with Crippen molar-refractivity contribution in [2.75, 3.05) is 33.4 Å². The van der Waals surface area contributed by atoms with Crippen molar-refractivity contribution in [3.8, 4) is 5.75 Å². The van der Waals surface area contributed by atoms with E-state index in [4.69, 9.17) is 9.47 Å². The van der Waals surface area contributed by atoms with Crippen molar-refractivity contribution < 1.29 is 29.3 Å². The summed E-state index contributed by atoms with van der Waals surface area (Å²) in [5.41, 5.74) is 0.710. The molecule has 3 N–H and O–H groups in total. The minimum atomic E-state index is -1.02. The first-order valence-corrected chi connectivity index (χ1v) is 14.7. The first-order chi connectivity index (χ1) is 18.2. The second kappa shape index (κ2) is 12.7. The van der Waals surface area contributed by atoms with Gasteiger partial charge in [0.2, 0.25) is 11.8 Å². The molecule has 0 aliphatic heterocycles. The minimum Gasteiger partial charge on any atom is -0.482 e. The van der Waals surface area contributed by atoms with Gasteiger partial charge in [-0.05, 0) is 83.2 Å². The summed E-state index contributed by atoms with van der Waals surface area (Å²) >= 11 is 2.18. The number of aliphatic hydroxyl groups is 2. The Morgan fingerprint density at radius 3 is 2.66 bits per heavy atom. The number of amides is 2. The number of ether oxygens (including phenoxy) is 2. The lowest BCUT2D eigenvalue weighted by atomic mass is 9.45. The molecule has 3 fully saturated rings. The summed E-state index contributed by atoms with van der Waals surface area (Å²) in [5.74, 6) is 1.84. The van der Waals surface area contributed by atoms with E-state index < -0.39 is 18.2 Å². The SMILES string of the molecule is COCCC(=O)N(CC1CCC2CC1C2(C)C)C1CC(C(=O)NCCO)=CC(Oc2ccccc2I)C1O. The number of carbonyl (C=O) groups is 2. The van der Waals surface area contributed by atoms with Gasteiger partial charge in [-0.1, -0.05) is 26.0 Å². The zero-order valence-corrected chi connectivity index (χ0v) is 24.7. The van der Waals surface area contributed by atoms with Crippen LogP contribution in [0.25, 0.3) is 0 Å². The highest BCUT2D eigenvalue weighted by Crippen LogP contribution is 2.61. The van der Waals surface area contributed by atoms with E-state index in [0.29, 0.717) is 36.3 Å². The van der Waals surface area contributed by atoms with E-state index in [0.717, 1.165) is 22.3 Å². The first kappa shape index (κ1) is 29.3. The molecule has 0 spiro atoms. The van der Waals surface area contributed by atoms with Gasteiger partial charge in [0.05, 0.1) is 29.2 Å². The van der Waals surface area contributed by atoms with Gasteiger partial charge in [0.1, 0.15) is 18.0 Å². The van der Waals surface area contributed by atoms with Crippen LogP contribution >= 0.6 is 22.6 Å². The molecule has 5 rings (SSSR count). The van der Waals surface area contributed by atoms with Gasteiger partial charge in [-0.3, -0.25) is 9.59 Å². The van der Waals surface area contributed by atoms with Crippen molar-refractivity contribution in [1.29, 1.82) is 0 Å². The van der Waals surface area contributed by atoms with Crippen LogP contribution in [0, 0.1) is 26.7 Å². The fourth-order valence-corrected chi connectivity index (χ4v) is 7.17. The third kappa shape index (κ3) is 6.21. The van der Waals surface area contributed by atoms with Gasteiger partial charge in [-0.25, -0.2) is 0 Å². The van der Waals surface area contributed by atoms with Crippen molar-refractivity contribution >= 4 is 34.4 Å². The van der Waals surface area contributed by atoms with Crippen molar-refractivity contribution in [2.45, 2.75) is 64.2 Å². The monoisotopic (exact) mass is 640 g/mol. The highest BCUT2D eigenvalue weighted by atomic mass is 127. The summed E-state index contributed by atoms with van der Waals surface area (Å²) in [4.78, 5) is 28.4. The first-order valence-electron chi connectivity index (χ1n) is 13.6. The topological polar surface area (TPSA) is 108 Å². The van der Waals surface area contributed by atoms with Crippen LogP contribution in [0.4, 0.5) is 0 Å². The number of nitrogens with zero attached hydrogens (tertiary/aromatic N) is 1. The summed E-state index contributed by atoms with van der Waals surface area (Å²) < 4.78 is 12.3. The van der Waals surface area contributed by atoms with E-state index in [1.165, 1.54) is 6.42 Å². The average molecular weight is 641 g/mol. The number of benzene rings is 1. The van der Waals surface area contributed by atoms with Crippen LogP contribution in [-0.2, 0) is 14.3 Å². The van der Waals surface area contributed by atoms with Gasteiger partial charge < -0.3 is 29.9 Å². The second-order valence-electron chi connectivity index (χ2n) is 11.4. The Morgan fingerprint density at radius 2 is 2.00 bits per heavy atom.